The van der Waals surface area contributed by atoms with Gasteiger partial charge in [0.15, 0.2) is 5.95 Å². The number of halogens is 2. The fraction of sp³-hybridized carbons (Fsp3) is 0. The Morgan fingerprint density at radius 3 is 2.71 bits per heavy atom. The minimum absolute atomic E-state index is 0.357. The molecule has 0 radical (unpaired) electrons. The molecule has 72 valence electrons. The van der Waals surface area contributed by atoms with Crippen molar-refractivity contribution >= 4 is 29.2 Å². The van der Waals surface area contributed by atoms with Gasteiger partial charge in [0.05, 0.1) is 21.9 Å². The molecule has 0 spiro atoms. The highest BCUT2D eigenvalue weighted by atomic mass is 35.5. The molecule has 0 saturated carbocycles. The van der Waals surface area contributed by atoms with Crippen LogP contribution in [0.1, 0.15) is 0 Å². The number of imidazole rings is 1. The molecule has 0 amide bonds. The molecule has 3 N–H and O–H groups in total. The molecule has 0 fully saturated rings. The molecule has 5 heteroatoms. The molecule has 0 saturated heterocycles. The van der Waals surface area contributed by atoms with Crippen LogP contribution in [0.5, 0.6) is 0 Å². The number of hydrogen-bond donors (Lipinski definition) is 2. The second-order valence-corrected chi connectivity index (χ2v) is 3.57. The number of nitrogen functional groups attached to an aromatic ring is 1. The van der Waals surface area contributed by atoms with Gasteiger partial charge in [0.25, 0.3) is 0 Å². The SMILES string of the molecule is Nc1ncc(-c2cccc(Cl)c2Cl)[nH]1. The monoisotopic (exact) mass is 227 g/mol. The van der Waals surface area contributed by atoms with Gasteiger partial charge in [-0.3, -0.25) is 0 Å². The molecule has 2 aromatic rings. The first-order chi connectivity index (χ1) is 6.68. The lowest BCUT2D eigenvalue weighted by Gasteiger charge is -2.02. The first-order valence-corrected chi connectivity index (χ1v) is 4.69. The number of nitrogens with two attached hydrogens (primary N) is 1. The summed E-state index contributed by atoms with van der Waals surface area (Å²) >= 11 is 11.9. The smallest absolute Gasteiger partial charge is 0.197 e. The van der Waals surface area contributed by atoms with E-state index in [-0.39, 0.29) is 0 Å². The summed E-state index contributed by atoms with van der Waals surface area (Å²) in [4.78, 5) is 6.77. The van der Waals surface area contributed by atoms with Crippen molar-refractivity contribution in [1.82, 2.24) is 9.97 Å². The Balaban J connectivity index is 2.57. The molecule has 14 heavy (non-hydrogen) atoms. The summed E-state index contributed by atoms with van der Waals surface area (Å²) < 4.78 is 0. The fourth-order valence-electron chi connectivity index (χ4n) is 1.19. The van der Waals surface area contributed by atoms with Crippen molar-refractivity contribution in [1.29, 1.82) is 0 Å². The molecule has 1 aromatic carbocycles. The van der Waals surface area contributed by atoms with Crippen LogP contribution in [0.3, 0.4) is 0 Å². The largest absolute Gasteiger partial charge is 0.369 e. The van der Waals surface area contributed by atoms with Crippen LogP contribution in [-0.4, -0.2) is 9.97 Å². The van der Waals surface area contributed by atoms with Crippen molar-refractivity contribution < 1.29 is 0 Å². The topological polar surface area (TPSA) is 54.7 Å². The van der Waals surface area contributed by atoms with Gasteiger partial charge in [-0.15, -0.1) is 0 Å². The van der Waals surface area contributed by atoms with E-state index in [1.54, 1.807) is 12.3 Å². The summed E-state index contributed by atoms with van der Waals surface area (Å²) in [7, 11) is 0. The molecule has 3 nitrogen and oxygen atoms in total. The van der Waals surface area contributed by atoms with Crippen LogP contribution in [0.4, 0.5) is 5.95 Å². The molecule has 0 aliphatic heterocycles. The van der Waals surface area contributed by atoms with Crippen molar-refractivity contribution in [2.24, 2.45) is 0 Å². The molecule has 1 heterocycles. The van der Waals surface area contributed by atoms with Crippen LogP contribution in [0, 0.1) is 0 Å². The second kappa shape index (κ2) is 3.52. The molecular formula is C9H7Cl2N3. The Morgan fingerprint density at radius 2 is 2.07 bits per heavy atom. The van der Waals surface area contributed by atoms with E-state index in [0.29, 0.717) is 16.0 Å². The Hall–Kier alpha value is -1.19. The summed E-state index contributed by atoms with van der Waals surface area (Å²) in [6.45, 7) is 0. The molecule has 0 unspecified atom stereocenters. The number of H-pyrrole nitrogens is 1. The maximum Gasteiger partial charge on any atom is 0.197 e. The van der Waals surface area contributed by atoms with E-state index in [2.05, 4.69) is 9.97 Å². The van der Waals surface area contributed by atoms with Crippen LogP contribution in [0.15, 0.2) is 24.4 Å². The number of rotatable bonds is 1. The number of aromatic amines is 1. The van der Waals surface area contributed by atoms with E-state index in [0.717, 1.165) is 11.3 Å². The predicted molar refractivity (Wildman–Crippen MR) is 58.5 cm³/mol. The van der Waals surface area contributed by atoms with Gasteiger partial charge < -0.3 is 10.7 Å². The van der Waals surface area contributed by atoms with Gasteiger partial charge in [-0.2, -0.15) is 0 Å². The fourth-order valence-corrected chi connectivity index (χ4v) is 1.59. The van der Waals surface area contributed by atoms with E-state index in [9.17, 15) is 0 Å². The standard InChI is InChI=1S/C9H7Cl2N3/c10-6-3-1-2-5(8(6)11)7-4-13-9(12)14-7/h1-4H,(H3,12,13,14). The van der Waals surface area contributed by atoms with Crippen LogP contribution in [-0.2, 0) is 0 Å². The van der Waals surface area contributed by atoms with E-state index in [4.69, 9.17) is 28.9 Å². The highest BCUT2D eigenvalue weighted by Crippen LogP contribution is 2.32. The average molecular weight is 228 g/mol. The zero-order chi connectivity index (χ0) is 10.1. The van der Waals surface area contributed by atoms with E-state index in [1.807, 2.05) is 12.1 Å². The maximum absolute atomic E-state index is 6.02. The number of nitrogens with zero attached hydrogens (tertiary/aromatic N) is 1. The lowest BCUT2D eigenvalue weighted by Crippen LogP contribution is -1.86. The Kier molecular flexibility index (Phi) is 2.35. The van der Waals surface area contributed by atoms with Crippen molar-refractivity contribution in [2.75, 3.05) is 5.73 Å². The van der Waals surface area contributed by atoms with Crippen molar-refractivity contribution in [3.8, 4) is 11.3 Å². The van der Waals surface area contributed by atoms with Gasteiger partial charge in [-0.05, 0) is 6.07 Å². The minimum Gasteiger partial charge on any atom is -0.369 e. The Bertz CT molecular complexity index is 465. The quantitative estimate of drug-likeness (QED) is 0.788. The maximum atomic E-state index is 6.02. The van der Waals surface area contributed by atoms with Crippen LogP contribution in [0.2, 0.25) is 10.0 Å². The lowest BCUT2D eigenvalue weighted by atomic mass is 10.2. The van der Waals surface area contributed by atoms with Crippen LogP contribution in [0.25, 0.3) is 11.3 Å². The van der Waals surface area contributed by atoms with Gasteiger partial charge >= 0.3 is 0 Å². The molecular weight excluding hydrogens is 221 g/mol. The molecule has 0 aliphatic rings. The zero-order valence-corrected chi connectivity index (χ0v) is 8.60. The summed E-state index contributed by atoms with van der Waals surface area (Å²) in [6, 6.07) is 5.40. The average Bonchev–Trinajstić information content (AvgIpc) is 2.57. The Morgan fingerprint density at radius 1 is 1.29 bits per heavy atom. The number of benzene rings is 1. The number of anilines is 1. The van der Waals surface area contributed by atoms with Gasteiger partial charge in [0.1, 0.15) is 0 Å². The minimum atomic E-state index is 0.357. The van der Waals surface area contributed by atoms with E-state index < -0.39 is 0 Å². The predicted octanol–water partition coefficient (Wildman–Crippen LogP) is 2.97. The third kappa shape index (κ3) is 1.56. The number of hydrogen-bond acceptors (Lipinski definition) is 2. The number of aromatic nitrogens is 2. The number of nitrogens with one attached hydrogen (secondary N) is 1. The normalized spacial score (nSPS) is 10.4. The molecule has 0 atom stereocenters. The molecule has 0 bridgehead atoms. The zero-order valence-electron chi connectivity index (χ0n) is 7.09. The summed E-state index contributed by atoms with van der Waals surface area (Å²) in [5, 5.41) is 1.01. The summed E-state index contributed by atoms with van der Waals surface area (Å²) in [5.74, 6) is 0.357. The van der Waals surface area contributed by atoms with Gasteiger partial charge in [-0.1, -0.05) is 35.3 Å². The lowest BCUT2D eigenvalue weighted by molar-refractivity contribution is 1.33. The van der Waals surface area contributed by atoms with Gasteiger partial charge in [0, 0.05) is 5.56 Å². The van der Waals surface area contributed by atoms with E-state index >= 15 is 0 Å². The van der Waals surface area contributed by atoms with Crippen LogP contribution < -0.4 is 5.73 Å². The summed E-state index contributed by atoms with van der Waals surface area (Å²) in [6.07, 6.45) is 1.62. The first kappa shape index (κ1) is 9.37. The second-order valence-electron chi connectivity index (χ2n) is 2.78. The molecule has 2 rings (SSSR count). The highest BCUT2D eigenvalue weighted by Gasteiger charge is 2.08. The molecule has 1 aromatic heterocycles. The van der Waals surface area contributed by atoms with Crippen molar-refractivity contribution in [3.05, 3.63) is 34.4 Å². The van der Waals surface area contributed by atoms with Crippen LogP contribution >= 0.6 is 23.2 Å². The third-order valence-electron chi connectivity index (χ3n) is 1.84. The highest BCUT2D eigenvalue weighted by molar-refractivity contribution is 6.43. The van der Waals surface area contributed by atoms with Gasteiger partial charge in [-0.25, -0.2) is 4.98 Å². The Labute approximate surface area is 90.9 Å². The van der Waals surface area contributed by atoms with Gasteiger partial charge in [0.2, 0.25) is 0 Å². The van der Waals surface area contributed by atoms with E-state index in [1.165, 1.54) is 0 Å². The van der Waals surface area contributed by atoms with Crippen molar-refractivity contribution in [3.63, 3.8) is 0 Å². The molecule has 0 aliphatic carbocycles. The third-order valence-corrected chi connectivity index (χ3v) is 2.66. The first-order valence-electron chi connectivity index (χ1n) is 3.93. The summed E-state index contributed by atoms with van der Waals surface area (Å²) in [5.41, 5.74) is 7.02. The van der Waals surface area contributed by atoms with Crippen molar-refractivity contribution in [2.45, 2.75) is 0 Å².